The molecule has 510 valence electrons. The van der Waals surface area contributed by atoms with Gasteiger partial charge >= 0.3 is 11.9 Å². The number of carbonyl (C=O) groups excluding carboxylic acids is 10. The summed E-state index contributed by atoms with van der Waals surface area (Å²) in [6.07, 6.45) is -0.00602. The zero-order valence-corrected chi connectivity index (χ0v) is 53.5. The van der Waals surface area contributed by atoms with Crippen LogP contribution in [-0.2, 0) is 83.2 Å². The highest BCUT2D eigenvalue weighted by Crippen LogP contribution is 2.23. The van der Waals surface area contributed by atoms with Crippen molar-refractivity contribution in [3.8, 4) is 5.75 Å². The number of nitrogens with one attached hydrogen (secondary N) is 9. The third kappa shape index (κ3) is 21.9. The van der Waals surface area contributed by atoms with E-state index in [1.165, 1.54) is 17.0 Å². The maximum atomic E-state index is 15.1. The predicted octanol–water partition coefficient (Wildman–Crippen LogP) is 0.217. The number of carboxylic acids is 2. The van der Waals surface area contributed by atoms with Crippen LogP contribution in [0.3, 0.4) is 0 Å². The molecule has 2 heterocycles. The van der Waals surface area contributed by atoms with Crippen molar-refractivity contribution in [1.82, 2.24) is 52.4 Å². The second-order valence-corrected chi connectivity index (χ2v) is 24.1. The number of nitrogens with two attached hydrogens (primary N) is 3. The number of carboxylic acid groups (broad SMARTS) is 2. The van der Waals surface area contributed by atoms with Gasteiger partial charge in [-0.05, 0) is 84.5 Å². The summed E-state index contributed by atoms with van der Waals surface area (Å²) in [4.78, 5) is 171. The van der Waals surface area contributed by atoms with E-state index in [0.717, 1.165) is 0 Å². The Labute approximate surface area is 549 Å². The van der Waals surface area contributed by atoms with E-state index < -0.39 is 150 Å². The number of carbonyl (C=O) groups is 12. The van der Waals surface area contributed by atoms with Gasteiger partial charge in [0.15, 0.2) is 0 Å². The largest absolute Gasteiger partial charge is 0.508 e. The molecule has 1 fully saturated rings. The Morgan fingerprint density at radius 1 is 0.568 bits per heavy atom. The maximum absolute atomic E-state index is 15.1. The van der Waals surface area contributed by atoms with E-state index in [0.29, 0.717) is 52.4 Å². The lowest BCUT2D eigenvalue weighted by Gasteiger charge is -2.32. The summed E-state index contributed by atoms with van der Waals surface area (Å²) < 4.78 is 0. The molecule has 0 saturated carbocycles. The quantitative estimate of drug-likeness (QED) is 0.0255. The number of amides is 10. The molecule has 0 spiro atoms. The summed E-state index contributed by atoms with van der Waals surface area (Å²) in [6.45, 7) is 7.26. The van der Waals surface area contributed by atoms with E-state index in [-0.39, 0.29) is 63.3 Å². The van der Waals surface area contributed by atoms with Gasteiger partial charge < -0.3 is 84.9 Å². The summed E-state index contributed by atoms with van der Waals surface area (Å²) in [6, 6.07) is 15.2. The Hall–Kier alpha value is -10.2. The number of nitrogens with zero attached hydrogens (tertiary/aromatic N) is 1. The second kappa shape index (κ2) is 35.7. The van der Waals surface area contributed by atoms with Crippen molar-refractivity contribution in [1.29, 1.82) is 0 Å². The Kier molecular flexibility index (Phi) is 27.8. The number of aliphatic carboxylic acids is 2. The van der Waals surface area contributed by atoms with Gasteiger partial charge in [-0.15, -0.1) is 0 Å². The SMILES string of the molecule is CC[C@H](C)[C@H](NC(=O)[C@H](CCCN)NC(=O)[C@@H](N)C(C)C)C(=O)N[C@@H](Cc1ccc(O)cc1)C(=O)N1CCC[C@H]1C(=O)N[C@@H](Cc1ccccc1)C(=O)N[C@@H](Cc1ccccc1)C(=O)N[C@@H](CC(N)=O)C(=O)N[C@@H](CC(=O)O)C(=O)N[C@@H](Cc1c[nH]c2ccccc12)C(=O)O. The van der Waals surface area contributed by atoms with Gasteiger partial charge in [0.1, 0.15) is 60.1 Å². The zero-order chi connectivity index (χ0) is 69.5. The molecule has 28 heteroatoms. The molecule has 1 aliphatic heterocycles. The number of fused-ring (bicyclic) bond motifs is 1. The van der Waals surface area contributed by atoms with Crippen molar-refractivity contribution in [2.45, 2.75) is 159 Å². The first-order valence-corrected chi connectivity index (χ1v) is 31.6. The zero-order valence-electron chi connectivity index (χ0n) is 53.5. The number of benzene rings is 4. The van der Waals surface area contributed by atoms with Crippen molar-refractivity contribution in [2.24, 2.45) is 29.0 Å². The summed E-state index contributed by atoms with van der Waals surface area (Å²) >= 11 is 0. The number of para-hydroxylation sites is 1. The van der Waals surface area contributed by atoms with Crippen LogP contribution >= 0.6 is 0 Å². The number of rotatable bonds is 36. The summed E-state index contributed by atoms with van der Waals surface area (Å²) in [5.41, 5.74) is 20.2. The minimum Gasteiger partial charge on any atom is -0.508 e. The summed E-state index contributed by atoms with van der Waals surface area (Å²) in [5.74, 6) is -13.0. The van der Waals surface area contributed by atoms with Crippen LogP contribution in [0.1, 0.15) is 94.9 Å². The molecule has 0 unspecified atom stereocenters. The van der Waals surface area contributed by atoms with Gasteiger partial charge in [-0.1, -0.05) is 125 Å². The van der Waals surface area contributed by atoms with E-state index >= 15 is 4.79 Å². The number of likely N-dealkylation sites (tertiary alicyclic amines) is 1. The van der Waals surface area contributed by atoms with Crippen molar-refractivity contribution >= 4 is 81.9 Å². The maximum Gasteiger partial charge on any atom is 0.326 e. The molecule has 5 aromatic rings. The van der Waals surface area contributed by atoms with Crippen molar-refractivity contribution in [3.05, 3.63) is 138 Å². The highest BCUT2D eigenvalue weighted by atomic mass is 16.4. The Morgan fingerprint density at radius 3 is 1.62 bits per heavy atom. The molecule has 1 saturated heterocycles. The fourth-order valence-electron chi connectivity index (χ4n) is 10.9. The fraction of sp³-hybridized carbons (Fsp3) is 0.433. The van der Waals surface area contributed by atoms with Gasteiger partial charge in [0, 0.05) is 49.3 Å². The minimum absolute atomic E-state index is 0.0245. The molecule has 0 radical (unpaired) electrons. The number of phenolic OH excluding ortho intramolecular Hbond substituents is 1. The molecule has 18 N–H and O–H groups in total. The highest BCUT2D eigenvalue weighted by Gasteiger charge is 2.42. The van der Waals surface area contributed by atoms with Gasteiger partial charge in [0.25, 0.3) is 0 Å². The normalized spacial score (nSPS) is 16.0. The van der Waals surface area contributed by atoms with Crippen LogP contribution in [0.5, 0.6) is 5.75 Å². The van der Waals surface area contributed by atoms with E-state index in [9.17, 15) is 68.1 Å². The van der Waals surface area contributed by atoms with E-state index in [4.69, 9.17) is 17.2 Å². The molecule has 0 bridgehead atoms. The van der Waals surface area contributed by atoms with Gasteiger partial charge in [-0.25, -0.2) is 4.79 Å². The van der Waals surface area contributed by atoms with Crippen LogP contribution in [0.15, 0.2) is 115 Å². The Morgan fingerprint density at radius 2 is 1.06 bits per heavy atom. The third-order valence-corrected chi connectivity index (χ3v) is 16.6. The number of hydrogen-bond donors (Lipinski definition) is 15. The van der Waals surface area contributed by atoms with Crippen LogP contribution in [-0.4, -0.2) is 170 Å². The van der Waals surface area contributed by atoms with Crippen LogP contribution in [0, 0.1) is 11.8 Å². The lowest BCUT2D eigenvalue weighted by atomic mass is 9.96. The van der Waals surface area contributed by atoms with Crippen LogP contribution in [0.2, 0.25) is 0 Å². The first-order valence-electron chi connectivity index (χ1n) is 31.6. The number of aromatic nitrogens is 1. The molecule has 10 amide bonds. The third-order valence-electron chi connectivity index (χ3n) is 16.6. The molecule has 1 aromatic heterocycles. The first-order chi connectivity index (χ1) is 45.3. The van der Waals surface area contributed by atoms with Gasteiger partial charge in [0.2, 0.25) is 59.1 Å². The van der Waals surface area contributed by atoms with Crippen molar-refractivity contribution in [3.63, 3.8) is 0 Å². The fourth-order valence-corrected chi connectivity index (χ4v) is 10.9. The predicted molar refractivity (Wildman–Crippen MR) is 349 cm³/mol. The molecule has 11 atom stereocenters. The number of aromatic hydroxyl groups is 1. The molecule has 95 heavy (non-hydrogen) atoms. The topological polar surface area (TPSA) is 459 Å². The van der Waals surface area contributed by atoms with Crippen molar-refractivity contribution in [2.75, 3.05) is 13.1 Å². The molecule has 1 aliphatic rings. The average Bonchev–Trinajstić information content (AvgIpc) is 1.80. The lowest BCUT2D eigenvalue weighted by molar-refractivity contribution is -0.144. The monoisotopic (exact) mass is 1310 g/mol. The summed E-state index contributed by atoms with van der Waals surface area (Å²) in [5, 5.41) is 51.5. The number of hydrogen-bond acceptors (Lipinski definition) is 15. The standard InChI is InChI=1S/C67H87N13O15/c1-5-38(4)57(79-58(85)46(22-14-28-68)72-64(91)56(70)37(2)3)65(92)77-51(32-41-24-26-43(81)27-25-41)66(93)80-29-15-23-53(80)63(90)76-48(31-40-18-10-7-11-19-40)60(87)73-47(30-39-16-8-6-9-17-39)59(86)74-49(34-54(69)82)61(88)75-50(35-55(83)84)62(89)78-52(67(94)95)33-42-36-71-45-21-13-12-20-44(42)45/h6-13,16-21,24-27,36-38,46-53,56-57,71,81H,5,14-15,22-23,28-35,68,70H2,1-4H3,(H2,69,82)(H,72,91)(H,73,87)(H,74,86)(H,75,88)(H,76,90)(H,77,92)(H,78,89)(H,79,85)(H,83,84)(H,94,95)/t38-,46-,47-,48-,49-,50-,51-,52-,53-,56-,57-/m0/s1. The van der Waals surface area contributed by atoms with Crippen LogP contribution < -0.4 is 59.7 Å². The number of phenols is 1. The van der Waals surface area contributed by atoms with Gasteiger partial charge in [-0.2, -0.15) is 0 Å². The Bertz CT molecular complexity index is 3500. The highest BCUT2D eigenvalue weighted by molar-refractivity contribution is 6.00. The molecule has 0 aliphatic carbocycles. The van der Waals surface area contributed by atoms with Crippen LogP contribution in [0.25, 0.3) is 10.9 Å². The number of H-pyrrole nitrogens is 1. The average molecular weight is 1310 g/mol. The van der Waals surface area contributed by atoms with Gasteiger partial charge in [-0.3, -0.25) is 52.7 Å². The lowest BCUT2D eigenvalue weighted by Crippen LogP contribution is -2.61. The van der Waals surface area contributed by atoms with E-state index in [2.05, 4.69) is 47.5 Å². The number of primary amides is 1. The number of aromatic amines is 1. The smallest absolute Gasteiger partial charge is 0.326 e. The van der Waals surface area contributed by atoms with Gasteiger partial charge in [0.05, 0.1) is 18.9 Å². The second-order valence-electron chi connectivity index (χ2n) is 24.1. The molecule has 28 nitrogen and oxygen atoms in total. The molecule has 4 aromatic carbocycles. The molecular formula is C67H87N13O15. The van der Waals surface area contributed by atoms with Crippen LogP contribution in [0.4, 0.5) is 0 Å². The molecule has 6 rings (SSSR count). The minimum atomic E-state index is -1.96. The summed E-state index contributed by atoms with van der Waals surface area (Å²) in [7, 11) is 0. The van der Waals surface area contributed by atoms with Crippen molar-refractivity contribution < 1.29 is 72.9 Å². The Balaban J connectivity index is 1.24. The van der Waals surface area contributed by atoms with E-state index in [1.54, 1.807) is 131 Å². The first kappa shape index (κ1) is 73.8. The van der Waals surface area contributed by atoms with E-state index in [1.807, 2.05) is 0 Å². The molecular weight excluding hydrogens is 1230 g/mol.